The molecule has 0 saturated carbocycles. The van der Waals surface area contributed by atoms with Crippen LogP contribution in [-0.2, 0) is 9.59 Å². The predicted octanol–water partition coefficient (Wildman–Crippen LogP) is 1.64. The average Bonchev–Trinajstić information content (AvgIpc) is 3.24. The lowest BCUT2D eigenvalue weighted by molar-refractivity contribution is -0.117. The van der Waals surface area contributed by atoms with Crippen molar-refractivity contribution in [3.63, 3.8) is 0 Å². The van der Waals surface area contributed by atoms with Crippen molar-refractivity contribution in [3.8, 4) is 0 Å². The first-order valence-electron chi connectivity index (χ1n) is 7.51. The Morgan fingerprint density at radius 3 is 2.67 bits per heavy atom. The van der Waals surface area contributed by atoms with Crippen LogP contribution in [0, 0.1) is 0 Å². The Bertz CT molecular complexity index is 743. The van der Waals surface area contributed by atoms with Crippen molar-refractivity contribution in [3.05, 3.63) is 41.4 Å². The molecular weight excluding hydrogens is 328 g/mol. The van der Waals surface area contributed by atoms with Crippen LogP contribution in [0.15, 0.2) is 35.8 Å². The van der Waals surface area contributed by atoms with E-state index in [-0.39, 0.29) is 24.3 Å². The van der Waals surface area contributed by atoms with E-state index in [0.29, 0.717) is 23.7 Å². The fourth-order valence-electron chi connectivity index (χ4n) is 2.43. The summed E-state index contributed by atoms with van der Waals surface area (Å²) >= 11 is 1.31. The third-order valence-electron chi connectivity index (χ3n) is 3.60. The molecule has 1 aromatic carbocycles. The molecule has 1 aliphatic rings. The van der Waals surface area contributed by atoms with Gasteiger partial charge in [0, 0.05) is 35.8 Å². The van der Waals surface area contributed by atoms with Gasteiger partial charge in [-0.1, -0.05) is 0 Å². The second kappa shape index (κ2) is 7.22. The van der Waals surface area contributed by atoms with E-state index in [0.717, 1.165) is 12.1 Å². The van der Waals surface area contributed by atoms with Gasteiger partial charge in [0.25, 0.3) is 5.91 Å². The van der Waals surface area contributed by atoms with Crippen molar-refractivity contribution >= 4 is 39.9 Å². The molecule has 3 amide bonds. The number of benzene rings is 1. The summed E-state index contributed by atoms with van der Waals surface area (Å²) in [6.07, 6.45) is 3.01. The van der Waals surface area contributed by atoms with Gasteiger partial charge in [-0.15, -0.1) is 11.3 Å². The molecule has 3 rings (SSSR count). The van der Waals surface area contributed by atoms with Crippen LogP contribution in [0.25, 0.3) is 0 Å². The van der Waals surface area contributed by atoms with Crippen molar-refractivity contribution in [1.82, 2.24) is 10.3 Å². The van der Waals surface area contributed by atoms with Crippen LogP contribution in [0.2, 0.25) is 0 Å². The first-order chi connectivity index (χ1) is 11.6. The second-order valence-corrected chi connectivity index (χ2v) is 6.16. The first-order valence-corrected chi connectivity index (χ1v) is 8.39. The summed E-state index contributed by atoms with van der Waals surface area (Å²) in [6, 6.07) is 6.78. The predicted molar refractivity (Wildman–Crippen MR) is 91.1 cm³/mol. The third-order valence-corrected chi connectivity index (χ3v) is 4.29. The minimum Gasteiger partial charge on any atom is -0.343 e. The Morgan fingerprint density at radius 2 is 2.04 bits per heavy atom. The Kier molecular flexibility index (Phi) is 4.85. The highest BCUT2D eigenvalue weighted by atomic mass is 32.1. The molecule has 0 unspecified atom stereocenters. The number of hydrogen-bond donors (Lipinski definition) is 2. The van der Waals surface area contributed by atoms with Gasteiger partial charge >= 0.3 is 0 Å². The lowest BCUT2D eigenvalue weighted by atomic mass is 10.2. The highest BCUT2D eigenvalue weighted by Crippen LogP contribution is 2.21. The molecule has 2 aromatic rings. The molecule has 1 aromatic heterocycles. The zero-order valence-electron chi connectivity index (χ0n) is 12.8. The maximum absolute atomic E-state index is 12.1. The lowest BCUT2D eigenvalue weighted by Gasteiger charge is -2.15. The molecule has 1 fully saturated rings. The smallest absolute Gasteiger partial charge is 0.251 e. The van der Waals surface area contributed by atoms with Gasteiger partial charge in [-0.25, -0.2) is 4.98 Å². The highest BCUT2D eigenvalue weighted by Gasteiger charge is 2.21. The standard InChI is InChI=1S/C16H16N4O3S/c21-13(19-16-17-7-9-24-16)10-18-15(23)11-3-5-12(6-4-11)20-8-1-2-14(20)22/h3-7,9H,1-2,8,10H2,(H,18,23)(H,17,19,21). The van der Waals surface area contributed by atoms with Gasteiger partial charge in [0.2, 0.25) is 11.8 Å². The summed E-state index contributed by atoms with van der Waals surface area (Å²) in [5.74, 6) is -0.577. The van der Waals surface area contributed by atoms with E-state index < -0.39 is 0 Å². The fourth-order valence-corrected chi connectivity index (χ4v) is 2.97. The van der Waals surface area contributed by atoms with Crippen LogP contribution in [0.4, 0.5) is 10.8 Å². The largest absolute Gasteiger partial charge is 0.343 e. The van der Waals surface area contributed by atoms with Crippen LogP contribution in [0.3, 0.4) is 0 Å². The SMILES string of the molecule is O=C(CNC(=O)c1ccc(N2CCCC2=O)cc1)Nc1nccs1. The molecule has 2 heterocycles. The van der Waals surface area contributed by atoms with Crippen LogP contribution in [0.5, 0.6) is 0 Å². The number of anilines is 2. The summed E-state index contributed by atoms with van der Waals surface area (Å²) in [5.41, 5.74) is 1.23. The van der Waals surface area contributed by atoms with Crippen molar-refractivity contribution in [2.24, 2.45) is 0 Å². The van der Waals surface area contributed by atoms with E-state index in [4.69, 9.17) is 0 Å². The zero-order chi connectivity index (χ0) is 16.9. The maximum atomic E-state index is 12.1. The van der Waals surface area contributed by atoms with Crippen LogP contribution in [-0.4, -0.2) is 35.8 Å². The molecule has 7 nitrogen and oxygen atoms in total. The summed E-state index contributed by atoms with van der Waals surface area (Å²) in [5, 5.41) is 7.39. The van der Waals surface area contributed by atoms with E-state index >= 15 is 0 Å². The summed E-state index contributed by atoms with van der Waals surface area (Å²) in [4.78, 5) is 41.1. The molecule has 2 N–H and O–H groups in total. The number of hydrogen-bond acceptors (Lipinski definition) is 5. The van der Waals surface area contributed by atoms with Crippen LogP contribution >= 0.6 is 11.3 Å². The number of thiazole rings is 1. The van der Waals surface area contributed by atoms with E-state index in [2.05, 4.69) is 15.6 Å². The van der Waals surface area contributed by atoms with Gasteiger partial charge in [0.1, 0.15) is 0 Å². The first kappa shape index (κ1) is 16.1. The topological polar surface area (TPSA) is 91.4 Å². The molecule has 1 aliphatic heterocycles. The zero-order valence-corrected chi connectivity index (χ0v) is 13.6. The Labute approximate surface area is 142 Å². The van der Waals surface area contributed by atoms with Crippen molar-refractivity contribution in [2.45, 2.75) is 12.8 Å². The molecule has 1 saturated heterocycles. The monoisotopic (exact) mass is 344 g/mol. The van der Waals surface area contributed by atoms with Crippen molar-refractivity contribution < 1.29 is 14.4 Å². The highest BCUT2D eigenvalue weighted by molar-refractivity contribution is 7.13. The van der Waals surface area contributed by atoms with Crippen molar-refractivity contribution in [2.75, 3.05) is 23.3 Å². The quantitative estimate of drug-likeness (QED) is 0.862. The number of rotatable bonds is 5. The van der Waals surface area contributed by atoms with Crippen LogP contribution in [0.1, 0.15) is 23.2 Å². The van der Waals surface area contributed by atoms with Gasteiger partial charge in [-0.2, -0.15) is 0 Å². The molecular formula is C16H16N4O3S. The molecule has 0 radical (unpaired) electrons. The third kappa shape index (κ3) is 3.77. The van der Waals surface area contributed by atoms with Gasteiger partial charge in [-0.3, -0.25) is 14.4 Å². The number of aromatic nitrogens is 1. The molecule has 0 spiro atoms. The fraction of sp³-hybridized carbons (Fsp3) is 0.250. The minimum absolute atomic E-state index is 0.103. The van der Waals surface area contributed by atoms with Crippen molar-refractivity contribution in [1.29, 1.82) is 0 Å². The van der Waals surface area contributed by atoms with E-state index in [1.165, 1.54) is 11.3 Å². The molecule has 8 heteroatoms. The van der Waals surface area contributed by atoms with Gasteiger partial charge < -0.3 is 15.5 Å². The Hall–Kier alpha value is -2.74. The molecule has 0 atom stereocenters. The van der Waals surface area contributed by atoms with Gasteiger partial charge in [0.15, 0.2) is 5.13 Å². The van der Waals surface area contributed by atoms with E-state index in [9.17, 15) is 14.4 Å². The summed E-state index contributed by atoms with van der Waals surface area (Å²) in [7, 11) is 0. The number of amides is 3. The average molecular weight is 344 g/mol. The number of nitrogens with zero attached hydrogens (tertiary/aromatic N) is 2. The number of carbonyl (C=O) groups excluding carboxylic acids is 3. The van der Waals surface area contributed by atoms with Gasteiger partial charge in [0.05, 0.1) is 6.54 Å². The molecule has 124 valence electrons. The maximum Gasteiger partial charge on any atom is 0.251 e. The number of nitrogens with one attached hydrogen (secondary N) is 2. The Balaban J connectivity index is 1.53. The van der Waals surface area contributed by atoms with E-state index in [1.54, 1.807) is 40.7 Å². The molecule has 0 bridgehead atoms. The molecule has 0 aliphatic carbocycles. The molecule has 24 heavy (non-hydrogen) atoms. The summed E-state index contributed by atoms with van der Waals surface area (Å²) in [6.45, 7) is 0.575. The van der Waals surface area contributed by atoms with Gasteiger partial charge in [-0.05, 0) is 30.7 Å². The number of carbonyl (C=O) groups is 3. The van der Waals surface area contributed by atoms with Crippen LogP contribution < -0.4 is 15.5 Å². The lowest BCUT2D eigenvalue weighted by Crippen LogP contribution is -2.32. The second-order valence-electron chi connectivity index (χ2n) is 5.26. The van der Waals surface area contributed by atoms with E-state index in [1.807, 2.05) is 0 Å². The normalized spacial score (nSPS) is 13.8. The minimum atomic E-state index is -0.344. The Morgan fingerprint density at radius 1 is 1.25 bits per heavy atom. The summed E-state index contributed by atoms with van der Waals surface area (Å²) < 4.78 is 0.